The summed E-state index contributed by atoms with van der Waals surface area (Å²) in [5.41, 5.74) is 11.1. The zero-order valence-electron chi connectivity index (χ0n) is 10.5. The van der Waals surface area contributed by atoms with Crippen molar-refractivity contribution in [3.8, 4) is 0 Å². The first-order valence-corrected chi connectivity index (χ1v) is 5.79. The van der Waals surface area contributed by atoms with Crippen molar-refractivity contribution in [2.24, 2.45) is 11.6 Å². The van der Waals surface area contributed by atoms with Gasteiger partial charge in [0.2, 0.25) is 0 Å². The van der Waals surface area contributed by atoms with E-state index in [1.54, 1.807) is 0 Å². The molecule has 1 rings (SSSR count). The van der Waals surface area contributed by atoms with Crippen molar-refractivity contribution < 1.29 is 0 Å². The molecule has 16 heavy (non-hydrogen) atoms. The molecule has 0 aliphatic rings. The highest BCUT2D eigenvalue weighted by Gasteiger charge is 1.98. The molecule has 0 atom stereocenters. The van der Waals surface area contributed by atoms with Crippen LogP contribution < -0.4 is 17.0 Å². The maximum atomic E-state index is 5.41. The number of hydrogen-bond acceptors (Lipinski definition) is 3. The van der Waals surface area contributed by atoms with Gasteiger partial charge in [-0.3, -0.25) is 5.84 Å². The highest BCUT2D eigenvalue weighted by Crippen LogP contribution is 2.12. The molecule has 0 spiro atoms. The van der Waals surface area contributed by atoms with Gasteiger partial charge in [-0.1, -0.05) is 51.5 Å². The minimum atomic E-state index is 0.744. The van der Waals surface area contributed by atoms with Gasteiger partial charge in [0, 0.05) is 11.8 Å². The summed E-state index contributed by atoms with van der Waals surface area (Å²) in [7, 11) is 0. The molecule has 5 N–H and O–H groups in total. The Morgan fingerprint density at radius 2 is 1.81 bits per heavy atom. The van der Waals surface area contributed by atoms with Gasteiger partial charge in [-0.15, -0.1) is 0 Å². The predicted molar refractivity (Wildman–Crippen MR) is 71.3 cm³/mol. The van der Waals surface area contributed by atoms with Crippen LogP contribution in [-0.4, -0.2) is 0 Å². The van der Waals surface area contributed by atoms with Crippen LogP contribution in [-0.2, 0) is 6.42 Å². The van der Waals surface area contributed by atoms with E-state index in [0.29, 0.717) is 0 Å². The Hall–Kier alpha value is -1.48. The van der Waals surface area contributed by atoms with Gasteiger partial charge >= 0.3 is 0 Å². The van der Waals surface area contributed by atoms with Crippen LogP contribution in [0.2, 0.25) is 0 Å². The summed E-state index contributed by atoms with van der Waals surface area (Å²) in [6, 6.07) is 8.23. The molecule has 0 bridgehead atoms. The molecule has 0 aliphatic carbocycles. The van der Waals surface area contributed by atoms with Crippen molar-refractivity contribution in [1.29, 1.82) is 0 Å². The lowest BCUT2D eigenvalue weighted by molar-refractivity contribution is 0.920. The minimum Gasteiger partial charge on any atom is -0.403 e. The summed E-state index contributed by atoms with van der Waals surface area (Å²) >= 11 is 0. The van der Waals surface area contributed by atoms with Crippen LogP contribution in [0.4, 0.5) is 0 Å². The first kappa shape index (κ1) is 14.5. The molecule has 1 aromatic rings. The Kier molecular flexibility index (Phi) is 7.98. The van der Waals surface area contributed by atoms with Gasteiger partial charge in [-0.2, -0.15) is 0 Å². The molecule has 0 aliphatic heterocycles. The van der Waals surface area contributed by atoms with Crippen molar-refractivity contribution in [1.82, 2.24) is 5.43 Å². The lowest BCUT2D eigenvalue weighted by Gasteiger charge is -2.06. The molecule has 0 heterocycles. The third kappa shape index (κ3) is 4.36. The van der Waals surface area contributed by atoms with Gasteiger partial charge in [0.05, 0.1) is 5.70 Å². The Labute approximate surface area is 98.5 Å². The summed E-state index contributed by atoms with van der Waals surface area (Å²) < 4.78 is 0. The molecule has 0 saturated carbocycles. The van der Waals surface area contributed by atoms with E-state index in [4.69, 9.17) is 11.6 Å². The molecule has 0 fully saturated rings. The molecular weight excluding hydrogens is 198 g/mol. The van der Waals surface area contributed by atoms with Crippen LogP contribution in [0, 0.1) is 0 Å². The lowest BCUT2D eigenvalue weighted by atomic mass is 10.1. The van der Waals surface area contributed by atoms with Gasteiger partial charge in [0.25, 0.3) is 0 Å². The molecule has 0 aromatic heterocycles. The van der Waals surface area contributed by atoms with Gasteiger partial charge in [0.15, 0.2) is 0 Å². The Morgan fingerprint density at radius 1 is 1.25 bits per heavy atom. The predicted octanol–water partition coefficient (Wildman–Crippen LogP) is 2.39. The molecule has 0 saturated heterocycles. The number of nitrogens with two attached hydrogens (primary N) is 2. The molecule has 3 heteroatoms. The SMILES string of the molecule is CC.CCCc1ccc(/C(=C/N)NN)cc1. The first-order valence-electron chi connectivity index (χ1n) is 5.79. The van der Waals surface area contributed by atoms with Crippen LogP contribution in [0.5, 0.6) is 0 Å². The number of nitrogens with one attached hydrogen (secondary N) is 1. The number of rotatable bonds is 4. The fourth-order valence-corrected chi connectivity index (χ4v) is 1.37. The molecule has 90 valence electrons. The number of benzene rings is 1. The Bertz CT molecular complexity index is 301. The number of hydrazine groups is 1. The zero-order chi connectivity index (χ0) is 12.4. The summed E-state index contributed by atoms with van der Waals surface area (Å²) in [5.74, 6) is 5.31. The number of hydrogen-bond donors (Lipinski definition) is 3. The second kappa shape index (κ2) is 8.80. The van der Waals surface area contributed by atoms with Crippen molar-refractivity contribution in [3.63, 3.8) is 0 Å². The maximum absolute atomic E-state index is 5.41. The molecule has 0 radical (unpaired) electrons. The van der Waals surface area contributed by atoms with Crippen molar-refractivity contribution in [3.05, 3.63) is 41.6 Å². The van der Waals surface area contributed by atoms with E-state index in [1.807, 2.05) is 26.0 Å². The van der Waals surface area contributed by atoms with Crippen molar-refractivity contribution in [2.45, 2.75) is 33.6 Å². The molecular formula is C13H23N3. The maximum Gasteiger partial charge on any atom is 0.0713 e. The standard InChI is InChI=1S/C11H17N3.C2H6/c1-2-3-9-4-6-10(7-5-9)11(8-12)14-13;1-2/h4-8,14H,2-3,12-13H2,1H3;1-2H3/b11-8-;. The molecule has 3 nitrogen and oxygen atoms in total. The highest BCUT2D eigenvalue weighted by molar-refractivity contribution is 5.63. The van der Waals surface area contributed by atoms with Crippen LogP contribution in [0.15, 0.2) is 30.5 Å². The summed E-state index contributed by atoms with van der Waals surface area (Å²) in [6.07, 6.45) is 3.74. The zero-order valence-corrected chi connectivity index (χ0v) is 10.5. The molecule has 0 unspecified atom stereocenters. The highest BCUT2D eigenvalue weighted by atomic mass is 15.2. The second-order valence-electron chi connectivity index (χ2n) is 3.17. The van der Waals surface area contributed by atoms with Gasteiger partial charge in [-0.25, -0.2) is 0 Å². The average molecular weight is 221 g/mol. The van der Waals surface area contributed by atoms with Gasteiger partial charge in [0.1, 0.15) is 0 Å². The van der Waals surface area contributed by atoms with Crippen LogP contribution in [0.3, 0.4) is 0 Å². The third-order valence-corrected chi connectivity index (χ3v) is 2.13. The van der Waals surface area contributed by atoms with E-state index in [0.717, 1.165) is 24.1 Å². The van der Waals surface area contributed by atoms with E-state index in [1.165, 1.54) is 11.8 Å². The van der Waals surface area contributed by atoms with E-state index < -0.39 is 0 Å². The number of aryl methyl sites for hydroxylation is 1. The van der Waals surface area contributed by atoms with Crippen LogP contribution in [0.1, 0.15) is 38.3 Å². The van der Waals surface area contributed by atoms with E-state index in [9.17, 15) is 0 Å². The normalized spacial score (nSPS) is 10.4. The Morgan fingerprint density at radius 3 is 2.19 bits per heavy atom. The Balaban J connectivity index is 0.00000106. The van der Waals surface area contributed by atoms with Crippen LogP contribution >= 0.6 is 0 Å². The summed E-state index contributed by atoms with van der Waals surface area (Å²) in [4.78, 5) is 0. The van der Waals surface area contributed by atoms with E-state index >= 15 is 0 Å². The fourth-order valence-electron chi connectivity index (χ4n) is 1.37. The smallest absolute Gasteiger partial charge is 0.0713 e. The lowest BCUT2D eigenvalue weighted by Crippen LogP contribution is -2.20. The molecule has 0 amide bonds. The average Bonchev–Trinajstić information content (AvgIpc) is 2.36. The minimum absolute atomic E-state index is 0.744. The largest absolute Gasteiger partial charge is 0.403 e. The topological polar surface area (TPSA) is 64.1 Å². The van der Waals surface area contributed by atoms with E-state index in [2.05, 4.69) is 24.5 Å². The van der Waals surface area contributed by atoms with E-state index in [-0.39, 0.29) is 0 Å². The van der Waals surface area contributed by atoms with Gasteiger partial charge in [-0.05, 0) is 12.0 Å². The summed E-state index contributed by atoms with van der Waals surface area (Å²) in [6.45, 7) is 6.17. The van der Waals surface area contributed by atoms with Crippen LogP contribution in [0.25, 0.3) is 5.70 Å². The van der Waals surface area contributed by atoms with Crippen molar-refractivity contribution >= 4 is 5.70 Å². The summed E-state index contributed by atoms with van der Waals surface area (Å²) in [5, 5.41) is 0. The fraction of sp³-hybridized carbons (Fsp3) is 0.385. The quantitative estimate of drug-likeness (QED) is 0.540. The third-order valence-electron chi connectivity index (χ3n) is 2.13. The first-order chi connectivity index (χ1) is 7.81. The monoisotopic (exact) mass is 221 g/mol. The molecule has 1 aromatic carbocycles. The second-order valence-corrected chi connectivity index (χ2v) is 3.17. The van der Waals surface area contributed by atoms with Gasteiger partial charge < -0.3 is 11.2 Å². The van der Waals surface area contributed by atoms with Crippen molar-refractivity contribution in [2.75, 3.05) is 0 Å².